The maximum Gasteiger partial charge on any atom is 0.181 e. The molecule has 0 spiro atoms. The van der Waals surface area contributed by atoms with E-state index in [0.717, 1.165) is 9.90 Å². The fraction of sp³-hybridized carbons (Fsp3) is 0.231. The Bertz CT molecular complexity index is 774. The van der Waals surface area contributed by atoms with Gasteiger partial charge >= 0.3 is 0 Å². The molecule has 1 heterocycles. The zero-order chi connectivity index (χ0) is 15.5. The molecule has 0 atom stereocenters. The molecule has 0 amide bonds. The van der Waals surface area contributed by atoms with Crippen LogP contribution in [0.1, 0.15) is 11.3 Å². The lowest BCUT2D eigenvalue weighted by molar-refractivity contribution is 0.597. The summed E-state index contributed by atoms with van der Waals surface area (Å²) in [5.41, 5.74) is 6.88. The van der Waals surface area contributed by atoms with E-state index >= 15 is 0 Å². The van der Waals surface area contributed by atoms with Crippen molar-refractivity contribution >= 4 is 38.1 Å². The van der Waals surface area contributed by atoms with E-state index in [0.29, 0.717) is 16.4 Å². The molecular weight excluding hydrogens is 326 g/mol. The molecule has 0 saturated carbocycles. The van der Waals surface area contributed by atoms with Crippen LogP contribution in [0.2, 0.25) is 0 Å². The van der Waals surface area contributed by atoms with Gasteiger partial charge < -0.3 is 5.73 Å². The van der Waals surface area contributed by atoms with Gasteiger partial charge in [0, 0.05) is 5.75 Å². The number of nitrogen functional groups attached to an aromatic ring is 1. The van der Waals surface area contributed by atoms with Crippen LogP contribution >= 0.6 is 23.1 Å². The Morgan fingerprint density at radius 1 is 1.38 bits per heavy atom. The summed E-state index contributed by atoms with van der Waals surface area (Å²) in [6, 6.07) is 7.91. The van der Waals surface area contributed by atoms with Crippen LogP contribution in [-0.2, 0) is 9.84 Å². The number of sulfone groups is 1. The number of nitrogens with two attached hydrogens (primary N) is 1. The smallest absolute Gasteiger partial charge is 0.181 e. The first kappa shape index (κ1) is 15.8. The van der Waals surface area contributed by atoms with Crippen molar-refractivity contribution in [3.8, 4) is 6.07 Å². The molecule has 8 heteroatoms. The predicted molar refractivity (Wildman–Crippen MR) is 85.2 cm³/mol. The summed E-state index contributed by atoms with van der Waals surface area (Å²) >= 11 is 2.81. The maximum atomic E-state index is 12.2. The lowest BCUT2D eigenvalue weighted by atomic mass is 10.2. The summed E-state index contributed by atoms with van der Waals surface area (Å²) in [6.45, 7) is 1.85. The van der Waals surface area contributed by atoms with Crippen molar-refractivity contribution in [2.45, 2.75) is 16.0 Å². The summed E-state index contributed by atoms with van der Waals surface area (Å²) in [5, 5.41) is 9.20. The number of aryl methyl sites for hydroxylation is 1. The highest BCUT2D eigenvalue weighted by molar-refractivity contribution is 8.02. The van der Waals surface area contributed by atoms with Crippen LogP contribution in [0.3, 0.4) is 0 Å². The molecule has 0 fully saturated rings. The van der Waals surface area contributed by atoms with E-state index in [9.17, 15) is 8.42 Å². The topological polar surface area (TPSA) is 96.8 Å². The first-order chi connectivity index (χ1) is 9.92. The number of benzene rings is 1. The van der Waals surface area contributed by atoms with Crippen LogP contribution < -0.4 is 5.73 Å². The lowest BCUT2D eigenvalue weighted by Gasteiger charge is -2.04. The summed E-state index contributed by atoms with van der Waals surface area (Å²) in [7, 11) is -3.34. The molecule has 0 aliphatic carbocycles. The van der Waals surface area contributed by atoms with Crippen LogP contribution in [0.5, 0.6) is 0 Å². The average Bonchev–Trinajstić information content (AvgIpc) is 2.77. The summed E-state index contributed by atoms with van der Waals surface area (Å²) in [5.74, 6) is 0.464. The second-order valence-electron chi connectivity index (χ2n) is 4.23. The Morgan fingerprint density at radius 2 is 2.05 bits per heavy atom. The normalized spacial score (nSPS) is 11.2. The van der Waals surface area contributed by atoms with Crippen LogP contribution in [0, 0.1) is 18.3 Å². The molecule has 0 saturated heterocycles. The summed E-state index contributed by atoms with van der Waals surface area (Å²) in [4.78, 5) is 4.34. The molecular formula is C13H13N3O2S3. The van der Waals surface area contributed by atoms with E-state index in [1.807, 2.05) is 13.0 Å². The quantitative estimate of drug-likeness (QED) is 0.841. The Balaban J connectivity index is 2.01. The van der Waals surface area contributed by atoms with Crippen molar-refractivity contribution in [2.75, 3.05) is 17.2 Å². The predicted octanol–water partition coefficient (Wildman–Crippen LogP) is 2.47. The number of hydrogen-bond donors (Lipinski definition) is 1. The lowest BCUT2D eigenvalue weighted by Crippen LogP contribution is -2.08. The van der Waals surface area contributed by atoms with Crippen molar-refractivity contribution in [1.82, 2.24) is 4.98 Å². The second-order valence-corrected chi connectivity index (χ2v) is 8.73. The molecule has 2 N–H and O–H groups in total. The monoisotopic (exact) mass is 339 g/mol. The Labute approximate surface area is 131 Å². The number of nitriles is 1. The van der Waals surface area contributed by atoms with Crippen molar-refractivity contribution in [1.29, 1.82) is 5.26 Å². The number of thiazole rings is 1. The van der Waals surface area contributed by atoms with Crippen LogP contribution in [-0.4, -0.2) is 24.9 Å². The minimum atomic E-state index is -3.34. The van der Waals surface area contributed by atoms with Crippen molar-refractivity contribution in [3.05, 3.63) is 35.5 Å². The number of anilines is 1. The zero-order valence-electron chi connectivity index (χ0n) is 11.2. The number of hydrogen-bond acceptors (Lipinski definition) is 7. The van der Waals surface area contributed by atoms with Crippen LogP contribution in [0.4, 0.5) is 5.13 Å². The first-order valence-corrected chi connectivity index (χ1v) is 9.46. The molecule has 0 radical (unpaired) electrons. The third-order valence-corrected chi connectivity index (χ3v) is 7.04. The van der Waals surface area contributed by atoms with E-state index < -0.39 is 9.84 Å². The third-order valence-electron chi connectivity index (χ3n) is 2.70. The number of aromatic nitrogens is 1. The van der Waals surface area contributed by atoms with Gasteiger partial charge in [0.15, 0.2) is 15.0 Å². The van der Waals surface area contributed by atoms with Crippen molar-refractivity contribution < 1.29 is 8.42 Å². The molecule has 0 bridgehead atoms. The number of nitrogens with zero attached hydrogens (tertiary/aromatic N) is 2. The van der Waals surface area contributed by atoms with Crippen molar-refractivity contribution in [2.24, 2.45) is 0 Å². The van der Waals surface area contributed by atoms with Gasteiger partial charge in [0.25, 0.3) is 0 Å². The van der Waals surface area contributed by atoms with E-state index in [-0.39, 0.29) is 10.6 Å². The molecule has 0 aliphatic rings. The summed E-state index contributed by atoms with van der Waals surface area (Å²) < 4.78 is 25.3. The first-order valence-electron chi connectivity index (χ1n) is 6.01. The summed E-state index contributed by atoms with van der Waals surface area (Å²) in [6.07, 6.45) is 0. The van der Waals surface area contributed by atoms with E-state index in [1.54, 1.807) is 0 Å². The van der Waals surface area contributed by atoms with Gasteiger partial charge in [-0.25, -0.2) is 13.4 Å². The van der Waals surface area contributed by atoms with Gasteiger partial charge in [-0.2, -0.15) is 5.26 Å². The molecule has 0 aliphatic heterocycles. The standard InChI is InChI=1S/C13H13N3O2S3/c1-9-12(20-13(15)16-9)19-6-7-21(17,18)11-4-2-10(8-14)3-5-11/h2-5H,6-7H2,1H3,(H2,15,16). The van der Waals surface area contributed by atoms with E-state index in [4.69, 9.17) is 11.0 Å². The van der Waals surface area contributed by atoms with Gasteiger partial charge in [0.1, 0.15) is 0 Å². The molecule has 1 aromatic heterocycles. The Hall–Kier alpha value is -1.56. The minimum Gasteiger partial charge on any atom is -0.375 e. The largest absolute Gasteiger partial charge is 0.375 e. The van der Waals surface area contributed by atoms with Gasteiger partial charge in [-0.15, -0.1) is 11.8 Å². The van der Waals surface area contributed by atoms with Gasteiger partial charge in [-0.3, -0.25) is 0 Å². The molecule has 2 aromatic rings. The fourth-order valence-corrected chi connectivity index (χ4v) is 5.38. The zero-order valence-corrected chi connectivity index (χ0v) is 13.7. The third kappa shape index (κ3) is 3.97. The fourth-order valence-electron chi connectivity index (χ4n) is 1.64. The SMILES string of the molecule is Cc1nc(N)sc1SCCS(=O)(=O)c1ccc(C#N)cc1. The molecule has 2 rings (SSSR count). The van der Waals surface area contributed by atoms with Gasteiger partial charge in [0.05, 0.1) is 32.2 Å². The Morgan fingerprint density at radius 3 is 2.57 bits per heavy atom. The molecule has 5 nitrogen and oxygen atoms in total. The number of thioether (sulfide) groups is 1. The van der Waals surface area contributed by atoms with Crippen LogP contribution in [0.15, 0.2) is 33.4 Å². The molecule has 0 unspecified atom stereocenters. The van der Waals surface area contributed by atoms with E-state index in [1.165, 1.54) is 47.4 Å². The second kappa shape index (κ2) is 6.47. The average molecular weight is 339 g/mol. The maximum absolute atomic E-state index is 12.2. The number of rotatable bonds is 5. The molecule has 110 valence electrons. The highest BCUT2D eigenvalue weighted by atomic mass is 32.2. The molecule has 1 aromatic carbocycles. The van der Waals surface area contributed by atoms with Gasteiger partial charge in [0.2, 0.25) is 0 Å². The van der Waals surface area contributed by atoms with Crippen molar-refractivity contribution in [3.63, 3.8) is 0 Å². The molecule has 21 heavy (non-hydrogen) atoms. The Kier molecular flexibility index (Phi) is 4.88. The van der Waals surface area contributed by atoms with E-state index in [2.05, 4.69) is 4.98 Å². The minimum absolute atomic E-state index is 0.0286. The highest BCUT2D eigenvalue weighted by Crippen LogP contribution is 2.30. The van der Waals surface area contributed by atoms with Gasteiger partial charge in [-0.05, 0) is 31.2 Å². The van der Waals surface area contributed by atoms with Crippen LogP contribution in [0.25, 0.3) is 0 Å². The highest BCUT2D eigenvalue weighted by Gasteiger charge is 2.15. The van der Waals surface area contributed by atoms with Gasteiger partial charge in [-0.1, -0.05) is 11.3 Å².